The Labute approximate surface area is 109 Å². The van der Waals surface area contributed by atoms with Gasteiger partial charge in [0.25, 0.3) is 0 Å². The predicted octanol–water partition coefficient (Wildman–Crippen LogP) is 2.41. The Bertz CT molecular complexity index is 582. The van der Waals surface area contributed by atoms with E-state index in [0.717, 1.165) is 16.6 Å². The Kier molecular flexibility index (Phi) is 2.84. The van der Waals surface area contributed by atoms with Gasteiger partial charge in [-0.25, -0.2) is 4.39 Å². The van der Waals surface area contributed by atoms with Crippen molar-refractivity contribution in [2.75, 3.05) is 18.0 Å². The molecule has 0 bridgehead atoms. The average molecular weight is 267 g/mol. The fourth-order valence-electron chi connectivity index (χ4n) is 2.33. The molecule has 5 heteroatoms. The van der Waals surface area contributed by atoms with Crippen LogP contribution in [0, 0.1) is 0 Å². The van der Waals surface area contributed by atoms with E-state index in [-0.39, 0.29) is 6.54 Å². The molecule has 1 aromatic heterocycles. The van der Waals surface area contributed by atoms with Crippen LogP contribution in [0.1, 0.15) is 0 Å². The Hall–Kier alpha value is -1.39. The van der Waals surface area contributed by atoms with Crippen molar-refractivity contribution in [3.05, 3.63) is 35.5 Å². The van der Waals surface area contributed by atoms with Crippen LogP contribution in [-0.4, -0.2) is 35.5 Å². The summed E-state index contributed by atoms with van der Waals surface area (Å²) in [4.78, 5) is 6.09. The van der Waals surface area contributed by atoms with E-state index in [1.165, 1.54) is 0 Å². The van der Waals surface area contributed by atoms with Crippen molar-refractivity contribution < 1.29 is 9.50 Å². The predicted molar refractivity (Wildman–Crippen MR) is 69.9 cm³/mol. The number of aliphatic hydroxyl groups is 1. The average Bonchev–Trinajstić information content (AvgIpc) is 2.68. The third-order valence-electron chi connectivity index (χ3n) is 3.24. The number of aromatic nitrogens is 1. The maximum atomic E-state index is 13.4. The summed E-state index contributed by atoms with van der Waals surface area (Å²) in [6.45, 7) is 0.520. The van der Waals surface area contributed by atoms with Crippen LogP contribution in [0.25, 0.3) is 10.9 Å². The number of pyridine rings is 1. The number of anilines is 1. The van der Waals surface area contributed by atoms with Gasteiger partial charge in [0.2, 0.25) is 0 Å². The van der Waals surface area contributed by atoms with Crippen molar-refractivity contribution in [3.8, 4) is 0 Å². The normalized spacial score (nSPS) is 23.8. The number of fused-ring (bicyclic) bond motifs is 1. The van der Waals surface area contributed by atoms with Crippen molar-refractivity contribution in [2.24, 2.45) is 0 Å². The van der Waals surface area contributed by atoms with Crippen LogP contribution >= 0.6 is 11.6 Å². The van der Waals surface area contributed by atoms with E-state index in [1.807, 2.05) is 17.0 Å². The second-order valence-electron chi connectivity index (χ2n) is 4.48. The lowest BCUT2D eigenvalue weighted by Gasteiger charge is -2.19. The lowest BCUT2D eigenvalue weighted by Crippen LogP contribution is -2.21. The van der Waals surface area contributed by atoms with E-state index >= 15 is 0 Å². The molecule has 1 aliphatic heterocycles. The van der Waals surface area contributed by atoms with Crippen LogP contribution in [0.4, 0.5) is 10.1 Å². The van der Waals surface area contributed by atoms with Crippen molar-refractivity contribution in [2.45, 2.75) is 12.3 Å². The van der Waals surface area contributed by atoms with Crippen molar-refractivity contribution >= 4 is 28.2 Å². The largest absolute Gasteiger partial charge is 0.388 e. The minimum Gasteiger partial charge on any atom is -0.388 e. The first-order valence-electron chi connectivity index (χ1n) is 5.76. The molecule has 0 amide bonds. The van der Waals surface area contributed by atoms with Gasteiger partial charge in [0, 0.05) is 28.8 Å². The van der Waals surface area contributed by atoms with E-state index in [4.69, 9.17) is 11.6 Å². The fraction of sp³-hybridized carbons (Fsp3) is 0.308. The molecule has 3 rings (SSSR count). The molecule has 1 aromatic carbocycles. The zero-order chi connectivity index (χ0) is 12.7. The molecule has 1 aliphatic rings. The standard InChI is InChI=1S/C13H12ClFN2O/c14-8-1-2-9-11(5-8)16-4-3-12(9)17-6-10(15)13(18)7-17/h1-5,10,13,18H,6-7H2/t10-,13-/m1/s1. The summed E-state index contributed by atoms with van der Waals surface area (Å²) < 4.78 is 13.4. The minimum atomic E-state index is -1.19. The number of hydrogen-bond donors (Lipinski definition) is 1. The maximum Gasteiger partial charge on any atom is 0.145 e. The summed E-state index contributed by atoms with van der Waals surface area (Å²) in [7, 11) is 0. The van der Waals surface area contributed by atoms with Gasteiger partial charge in [0.1, 0.15) is 12.3 Å². The lowest BCUT2D eigenvalue weighted by molar-refractivity contribution is 0.118. The van der Waals surface area contributed by atoms with Gasteiger partial charge in [-0.3, -0.25) is 4.98 Å². The number of halogens is 2. The molecule has 1 N–H and O–H groups in total. The molecule has 0 aliphatic carbocycles. The minimum absolute atomic E-state index is 0.211. The topological polar surface area (TPSA) is 36.4 Å². The van der Waals surface area contributed by atoms with Crippen LogP contribution in [0.15, 0.2) is 30.5 Å². The zero-order valence-corrected chi connectivity index (χ0v) is 10.3. The molecule has 0 radical (unpaired) electrons. The highest BCUT2D eigenvalue weighted by molar-refractivity contribution is 6.31. The summed E-state index contributed by atoms with van der Waals surface area (Å²) in [5.74, 6) is 0. The number of benzene rings is 1. The smallest absolute Gasteiger partial charge is 0.145 e. The van der Waals surface area contributed by atoms with Gasteiger partial charge in [-0.2, -0.15) is 0 Å². The monoisotopic (exact) mass is 266 g/mol. The van der Waals surface area contributed by atoms with Crippen LogP contribution in [0.5, 0.6) is 0 Å². The van der Waals surface area contributed by atoms with Gasteiger partial charge >= 0.3 is 0 Å². The van der Waals surface area contributed by atoms with Crippen LogP contribution in [-0.2, 0) is 0 Å². The van der Waals surface area contributed by atoms with Gasteiger partial charge in [-0.15, -0.1) is 0 Å². The summed E-state index contributed by atoms with van der Waals surface area (Å²) >= 11 is 5.92. The van der Waals surface area contributed by atoms with Crippen LogP contribution < -0.4 is 4.90 Å². The highest BCUT2D eigenvalue weighted by atomic mass is 35.5. The van der Waals surface area contributed by atoms with Crippen LogP contribution in [0.2, 0.25) is 5.02 Å². The van der Waals surface area contributed by atoms with Crippen molar-refractivity contribution in [3.63, 3.8) is 0 Å². The molecule has 1 saturated heterocycles. The molecule has 0 unspecified atom stereocenters. The molecule has 3 nitrogen and oxygen atoms in total. The first kappa shape index (κ1) is 11.7. The van der Waals surface area contributed by atoms with E-state index < -0.39 is 12.3 Å². The Morgan fingerprint density at radius 3 is 2.89 bits per heavy atom. The number of rotatable bonds is 1. The summed E-state index contributed by atoms with van der Waals surface area (Å²) in [5.41, 5.74) is 1.66. The highest BCUT2D eigenvalue weighted by Gasteiger charge is 2.31. The molecule has 2 aromatic rings. The van der Waals surface area contributed by atoms with Gasteiger partial charge in [-0.1, -0.05) is 11.6 Å². The molecule has 94 valence electrons. The van der Waals surface area contributed by atoms with E-state index in [0.29, 0.717) is 11.6 Å². The van der Waals surface area contributed by atoms with Crippen molar-refractivity contribution in [1.29, 1.82) is 0 Å². The first-order chi connectivity index (χ1) is 8.65. The molecular formula is C13H12ClFN2O. The third-order valence-corrected chi connectivity index (χ3v) is 3.48. The highest BCUT2D eigenvalue weighted by Crippen LogP contribution is 2.30. The van der Waals surface area contributed by atoms with Gasteiger partial charge in [-0.05, 0) is 24.3 Å². The van der Waals surface area contributed by atoms with E-state index in [1.54, 1.807) is 18.3 Å². The molecule has 1 fully saturated rings. The molecular weight excluding hydrogens is 255 g/mol. The number of alkyl halides is 1. The van der Waals surface area contributed by atoms with Gasteiger partial charge in [0.15, 0.2) is 0 Å². The summed E-state index contributed by atoms with van der Waals surface area (Å²) in [6.07, 6.45) is -0.438. The number of hydrogen-bond acceptors (Lipinski definition) is 3. The Morgan fingerprint density at radius 2 is 2.17 bits per heavy atom. The fourth-order valence-corrected chi connectivity index (χ4v) is 2.49. The van der Waals surface area contributed by atoms with Gasteiger partial charge in [0.05, 0.1) is 12.1 Å². The first-order valence-corrected chi connectivity index (χ1v) is 6.14. The molecule has 2 atom stereocenters. The SMILES string of the molecule is O[C@@H]1CN(c2ccnc3cc(Cl)ccc23)C[C@H]1F. The van der Waals surface area contributed by atoms with Gasteiger partial charge < -0.3 is 10.0 Å². The second-order valence-corrected chi connectivity index (χ2v) is 4.92. The molecule has 2 heterocycles. The number of aliphatic hydroxyl groups excluding tert-OH is 1. The maximum absolute atomic E-state index is 13.4. The van der Waals surface area contributed by atoms with E-state index in [9.17, 15) is 9.50 Å². The number of β-amino-alcohol motifs (C(OH)–C–C–N with tert-alkyl or cyclic N) is 1. The van der Waals surface area contributed by atoms with Crippen LogP contribution in [0.3, 0.4) is 0 Å². The zero-order valence-electron chi connectivity index (χ0n) is 9.55. The summed E-state index contributed by atoms with van der Waals surface area (Å²) in [5, 5.41) is 11.0. The Balaban J connectivity index is 2.07. The molecule has 18 heavy (non-hydrogen) atoms. The summed E-state index contributed by atoms with van der Waals surface area (Å²) in [6, 6.07) is 7.27. The Morgan fingerprint density at radius 1 is 1.33 bits per heavy atom. The second kappa shape index (κ2) is 4.37. The molecule has 0 saturated carbocycles. The molecule has 0 spiro atoms. The third kappa shape index (κ3) is 1.91. The quantitative estimate of drug-likeness (QED) is 0.861. The van der Waals surface area contributed by atoms with E-state index in [2.05, 4.69) is 4.98 Å². The lowest BCUT2D eigenvalue weighted by atomic mass is 10.2. The van der Waals surface area contributed by atoms with Crippen molar-refractivity contribution in [1.82, 2.24) is 4.98 Å². The number of nitrogens with zero attached hydrogens (tertiary/aromatic N) is 2.